The Morgan fingerprint density at radius 3 is 2.11 bits per heavy atom. The van der Waals surface area contributed by atoms with Gasteiger partial charge in [0.2, 0.25) is 0 Å². The fraction of sp³-hybridized carbons (Fsp3) is 0.600. The first-order valence-corrected chi connectivity index (χ1v) is 6.73. The van der Waals surface area contributed by atoms with Crippen molar-refractivity contribution in [1.82, 2.24) is 0 Å². The number of hydrogen-bond acceptors (Lipinski definition) is 3. The second-order valence-electron chi connectivity index (χ2n) is 5.51. The highest BCUT2D eigenvalue weighted by atomic mass is 16.5. The van der Waals surface area contributed by atoms with E-state index >= 15 is 0 Å². The van der Waals surface area contributed by atoms with E-state index in [-0.39, 0.29) is 6.04 Å². The molecule has 3 nitrogen and oxygen atoms in total. The first kappa shape index (κ1) is 11.8. The maximum atomic E-state index is 6.43. The van der Waals surface area contributed by atoms with Crippen molar-refractivity contribution in [3.05, 3.63) is 23.8 Å². The molecule has 2 saturated carbocycles. The molecule has 18 heavy (non-hydrogen) atoms. The van der Waals surface area contributed by atoms with Gasteiger partial charge < -0.3 is 15.2 Å². The molecule has 2 aliphatic carbocycles. The summed E-state index contributed by atoms with van der Waals surface area (Å²) in [6, 6.07) is 6.11. The molecule has 2 aliphatic rings. The Hall–Kier alpha value is -1.22. The number of fused-ring (bicyclic) bond motifs is 1. The van der Waals surface area contributed by atoms with Crippen LogP contribution < -0.4 is 15.2 Å². The lowest BCUT2D eigenvalue weighted by Crippen LogP contribution is -2.15. The summed E-state index contributed by atoms with van der Waals surface area (Å²) in [5.74, 6) is 4.07. The predicted octanol–water partition coefficient (Wildman–Crippen LogP) is 2.75. The Kier molecular flexibility index (Phi) is 2.94. The van der Waals surface area contributed by atoms with Crippen molar-refractivity contribution < 1.29 is 9.47 Å². The number of rotatable bonds is 4. The van der Waals surface area contributed by atoms with Gasteiger partial charge in [-0.1, -0.05) is 6.42 Å². The molecule has 0 bridgehead atoms. The smallest absolute Gasteiger partial charge is 0.122 e. The Bertz CT molecular complexity index is 414. The summed E-state index contributed by atoms with van der Waals surface area (Å²) in [5.41, 5.74) is 7.57. The average Bonchev–Trinajstić information content (AvgIpc) is 2.89. The van der Waals surface area contributed by atoms with Gasteiger partial charge in [-0.3, -0.25) is 0 Å². The van der Waals surface area contributed by atoms with E-state index in [2.05, 4.69) is 0 Å². The lowest BCUT2D eigenvalue weighted by atomic mass is 9.97. The fourth-order valence-electron chi connectivity index (χ4n) is 3.65. The molecule has 3 atom stereocenters. The van der Waals surface area contributed by atoms with Gasteiger partial charge in [0, 0.05) is 12.1 Å². The fourth-order valence-corrected chi connectivity index (χ4v) is 3.65. The summed E-state index contributed by atoms with van der Waals surface area (Å²) >= 11 is 0. The van der Waals surface area contributed by atoms with Crippen LogP contribution in [0.1, 0.15) is 30.9 Å². The van der Waals surface area contributed by atoms with Crippen LogP contribution in [0.5, 0.6) is 11.5 Å². The molecule has 3 rings (SSSR count). The van der Waals surface area contributed by atoms with Gasteiger partial charge in [0.15, 0.2) is 0 Å². The van der Waals surface area contributed by atoms with E-state index in [1.54, 1.807) is 14.2 Å². The van der Waals surface area contributed by atoms with Crippen LogP contribution in [0.3, 0.4) is 0 Å². The predicted molar refractivity (Wildman–Crippen MR) is 70.8 cm³/mol. The molecule has 2 fully saturated rings. The van der Waals surface area contributed by atoms with Gasteiger partial charge in [-0.05, 0) is 48.3 Å². The Morgan fingerprint density at radius 1 is 1.06 bits per heavy atom. The van der Waals surface area contributed by atoms with Crippen LogP contribution in [-0.2, 0) is 0 Å². The third kappa shape index (κ3) is 1.87. The summed E-state index contributed by atoms with van der Waals surface area (Å²) in [4.78, 5) is 0. The first-order chi connectivity index (χ1) is 8.74. The molecule has 0 aromatic heterocycles. The van der Waals surface area contributed by atoms with Crippen LogP contribution in [0.25, 0.3) is 0 Å². The normalized spacial score (nSPS) is 30.7. The second kappa shape index (κ2) is 4.47. The zero-order valence-corrected chi connectivity index (χ0v) is 11.1. The molecule has 0 aliphatic heterocycles. The quantitative estimate of drug-likeness (QED) is 0.889. The zero-order chi connectivity index (χ0) is 12.7. The van der Waals surface area contributed by atoms with Crippen LogP contribution in [0, 0.1) is 17.8 Å². The first-order valence-electron chi connectivity index (χ1n) is 6.73. The van der Waals surface area contributed by atoms with E-state index in [0.717, 1.165) is 28.9 Å². The number of ether oxygens (including phenoxy) is 2. The molecule has 1 aromatic carbocycles. The number of methoxy groups -OCH3 is 2. The van der Waals surface area contributed by atoms with Gasteiger partial charge >= 0.3 is 0 Å². The summed E-state index contributed by atoms with van der Waals surface area (Å²) < 4.78 is 10.6. The van der Waals surface area contributed by atoms with Crippen LogP contribution in [-0.4, -0.2) is 14.2 Å². The standard InChI is InChI=1S/C15H21NO2/c1-17-10-6-9(7-11(8-10)18-2)15(16)14-12-4-3-5-13(12)14/h6-8,12-15H,3-5,16H2,1-2H3. The minimum absolute atomic E-state index is 0.129. The molecule has 0 spiro atoms. The molecule has 0 radical (unpaired) electrons. The third-order valence-corrected chi connectivity index (χ3v) is 4.65. The molecule has 0 amide bonds. The summed E-state index contributed by atoms with van der Waals surface area (Å²) in [6.07, 6.45) is 4.12. The van der Waals surface area contributed by atoms with E-state index in [9.17, 15) is 0 Å². The molecular formula is C15H21NO2. The lowest BCUT2D eigenvalue weighted by Gasteiger charge is -2.16. The molecule has 0 heterocycles. The van der Waals surface area contributed by atoms with E-state index < -0.39 is 0 Å². The molecule has 2 N–H and O–H groups in total. The summed E-state index contributed by atoms with van der Waals surface area (Å²) in [6.45, 7) is 0. The molecule has 1 aromatic rings. The molecule has 98 valence electrons. The Labute approximate surface area is 108 Å². The van der Waals surface area contributed by atoms with Crippen molar-refractivity contribution in [2.45, 2.75) is 25.3 Å². The third-order valence-electron chi connectivity index (χ3n) is 4.65. The molecule has 0 saturated heterocycles. The highest BCUT2D eigenvalue weighted by molar-refractivity contribution is 5.40. The largest absolute Gasteiger partial charge is 0.497 e. The maximum absolute atomic E-state index is 6.43. The minimum atomic E-state index is 0.129. The molecule has 3 unspecified atom stereocenters. The highest BCUT2D eigenvalue weighted by Crippen LogP contribution is 2.61. The monoisotopic (exact) mass is 247 g/mol. The maximum Gasteiger partial charge on any atom is 0.122 e. The van der Waals surface area contributed by atoms with Gasteiger partial charge in [-0.25, -0.2) is 0 Å². The molecular weight excluding hydrogens is 226 g/mol. The Balaban J connectivity index is 1.82. The van der Waals surface area contributed by atoms with Gasteiger partial charge in [0.05, 0.1) is 14.2 Å². The van der Waals surface area contributed by atoms with E-state index in [1.165, 1.54) is 19.3 Å². The van der Waals surface area contributed by atoms with Gasteiger partial charge in [-0.15, -0.1) is 0 Å². The summed E-state index contributed by atoms with van der Waals surface area (Å²) in [5, 5.41) is 0. The number of nitrogens with two attached hydrogens (primary N) is 1. The van der Waals surface area contributed by atoms with Crippen LogP contribution in [0.15, 0.2) is 18.2 Å². The second-order valence-corrected chi connectivity index (χ2v) is 5.51. The SMILES string of the molecule is COc1cc(OC)cc(C(N)C2C3CCCC32)c1. The minimum Gasteiger partial charge on any atom is -0.497 e. The highest BCUT2D eigenvalue weighted by Gasteiger charge is 2.55. The van der Waals surface area contributed by atoms with Crippen LogP contribution in [0.2, 0.25) is 0 Å². The van der Waals surface area contributed by atoms with Crippen molar-refractivity contribution in [1.29, 1.82) is 0 Å². The van der Waals surface area contributed by atoms with E-state index in [0.29, 0.717) is 5.92 Å². The van der Waals surface area contributed by atoms with E-state index in [1.807, 2.05) is 18.2 Å². The Morgan fingerprint density at radius 2 is 1.61 bits per heavy atom. The van der Waals surface area contributed by atoms with Crippen molar-refractivity contribution in [2.24, 2.45) is 23.5 Å². The van der Waals surface area contributed by atoms with Gasteiger partial charge in [0.25, 0.3) is 0 Å². The zero-order valence-electron chi connectivity index (χ0n) is 11.1. The average molecular weight is 247 g/mol. The topological polar surface area (TPSA) is 44.5 Å². The van der Waals surface area contributed by atoms with E-state index in [4.69, 9.17) is 15.2 Å². The van der Waals surface area contributed by atoms with Crippen LogP contribution >= 0.6 is 0 Å². The van der Waals surface area contributed by atoms with Crippen molar-refractivity contribution in [3.63, 3.8) is 0 Å². The van der Waals surface area contributed by atoms with Crippen LogP contribution in [0.4, 0.5) is 0 Å². The van der Waals surface area contributed by atoms with Crippen molar-refractivity contribution in [2.75, 3.05) is 14.2 Å². The number of hydrogen-bond donors (Lipinski definition) is 1. The lowest BCUT2D eigenvalue weighted by molar-refractivity contribution is 0.391. The van der Waals surface area contributed by atoms with Crippen molar-refractivity contribution >= 4 is 0 Å². The molecule has 3 heteroatoms. The van der Waals surface area contributed by atoms with Gasteiger partial charge in [-0.2, -0.15) is 0 Å². The van der Waals surface area contributed by atoms with Gasteiger partial charge in [0.1, 0.15) is 11.5 Å². The number of benzene rings is 1. The summed E-state index contributed by atoms with van der Waals surface area (Å²) in [7, 11) is 3.35. The van der Waals surface area contributed by atoms with Crippen molar-refractivity contribution in [3.8, 4) is 11.5 Å².